The number of fused-ring (bicyclic) bond motifs is 2. The zero-order chi connectivity index (χ0) is 16.7. The smallest absolute Gasteiger partial charge is 0.274 e. The Labute approximate surface area is 153 Å². The fourth-order valence-electron chi connectivity index (χ4n) is 4.61. The van der Waals surface area contributed by atoms with Crippen molar-refractivity contribution >= 4 is 24.2 Å². The van der Waals surface area contributed by atoms with Gasteiger partial charge in [0.05, 0.1) is 0 Å². The molecule has 3 aliphatic rings. The topological polar surface area (TPSA) is 95.3 Å². The quantitative estimate of drug-likeness (QED) is 0.823. The van der Waals surface area contributed by atoms with Gasteiger partial charge >= 0.3 is 0 Å². The summed E-state index contributed by atoms with van der Waals surface area (Å²) in [6.07, 6.45) is 5.33. The van der Waals surface area contributed by atoms with Crippen LogP contribution in [0.1, 0.15) is 47.4 Å². The van der Waals surface area contributed by atoms with Crippen molar-refractivity contribution in [2.24, 2.45) is 11.7 Å². The normalized spacial score (nSPS) is 25.4. The van der Waals surface area contributed by atoms with Gasteiger partial charge in [-0.25, -0.2) is 0 Å². The summed E-state index contributed by atoms with van der Waals surface area (Å²) in [5, 5.41) is 7.30. The number of aromatic nitrogens is 2. The van der Waals surface area contributed by atoms with Crippen molar-refractivity contribution in [2.45, 2.75) is 44.6 Å². The number of carbonyl (C=O) groups is 2. The molecule has 8 heteroatoms. The number of likely N-dealkylation sites (tertiary alicyclic amines) is 2. The molecule has 138 valence electrons. The van der Waals surface area contributed by atoms with Gasteiger partial charge in [0, 0.05) is 49.9 Å². The first kappa shape index (κ1) is 18.2. The van der Waals surface area contributed by atoms with Crippen LogP contribution in [0.3, 0.4) is 0 Å². The van der Waals surface area contributed by atoms with Gasteiger partial charge in [0.2, 0.25) is 5.91 Å². The van der Waals surface area contributed by atoms with Gasteiger partial charge in [0.25, 0.3) is 5.91 Å². The molecule has 2 fully saturated rings. The van der Waals surface area contributed by atoms with Gasteiger partial charge in [-0.15, -0.1) is 12.4 Å². The van der Waals surface area contributed by atoms with Crippen LogP contribution in [0.4, 0.5) is 0 Å². The molecule has 0 spiro atoms. The number of nitrogens with one attached hydrogen (secondary N) is 1. The minimum absolute atomic E-state index is 0. The number of halogens is 1. The molecule has 1 aliphatic carbocycles. The first-order chi connectivity index (χ1) is 11.7. The minimum atomic E-state index is 0. The van der Waals surface area contributed by atoms with E-state index in [0.717, 1.165) is 49.9 Å². The first-order valence-electron chi connectivity index (χ1n) is 9.04. The van der Waals surface area contributed by atoms with Crippen LogP contribution < -0.4 is 5.73 Å². The van der Waals surface area contributed by atoms with E-state index in [1.165, 1.54) is 0 Å². The number of aromatic amines is 1. The Morgan fingerprint density at radius 3 is 2.92 bits per heavy atom. The maximum Gasteiger partial charge on any atom is 0.274 e. The van der Waals surface area contributed by atoms with E-state index in [1.54, 1.807) is 0 Å². The Balaban J connectivity index is 0.00000182. The van der Waals surface area contributed by atoms with Crippen LogP contribution in [-0.2, 0) is 17.6 Å². The zero-order valence-electron chi connectivity index (χ0n) is 14.4. The number of aryl methyl sites for hydroxylation is 1. The van der Waals surface area contributed by atoms with Crippen LogP contribution in [0.2, 0.25) is 0 Å². The number of H-pyrrole nitrogens is 1. The van der Waals surface area contributed by atoms with Gasteiger partial charge in [-0.3, -0.25) is 14.7 Å². The molecule has 2 amide bonds. The maximum atomic E-state index is 12.9. The van der Waals surface area contributed by atoms with Crippen LogP contribution >= 0.6 is 12.4 Å². The van der Waals surface area contributed by atoms with E-state index in [9.17, 15) is 9.59 Å². The largest absolute Gasteiger partial charge is 0.338 e. The van der Waals surface area contributed by atoms with E-state index < -0.39 is 0 Å². The maximum absolute atomic E-state index is 12.9. The molecule has 25 heavy (non-hydrogen) atoms. The van der Waals surface area contributed by atoms with Crippen molar-refractivity contribution in [1.29, 1.82) is 0 Å². The number of amides is 2. The van der Waals surface area contributed by atoms with Gasteiger partial charge in [0.15, 0.2) is 5.69 Å². The third-order valence-electron chi connectivity index (χ3n) is 5.81. The molecule has 3 N–H and O–H groups in total. The predicted molar refractivity (Wildman–Crippen MR) is 95.7 cm³/mol. The van der Waals surface area contributed by atoms with Gasteiger partial charge in [-0.2, -0.15) is 5.10 Å². The lowest BCUT2D eigenvalue weighted by atomic mass is 9.83. The molecule has 0 aromatic carbocycles. The highest BCUT2D eigenvalue weighted by molar-refractivity contribution is 5.94. The Bertz CT molecular complexity index is 661. The zero-order valence-corrected chi connectivity index (χ0v) is 15.2. The molecule has 3 heterocycles. The van der Waals surface area contributed by atoms with Gasteiger partial charge in [-0.1, -0.05) is 0 Å². The lowest BCUT2D eigenvalue weighted by molar-refractivity contribution is -0.140. The van der Waals surface area contributed by atoms with E-state index in [1.807, 2.05) is 9.80 Å². The van der Waals surface area contributed by atoms with Crippen LogP contribution in [0.15, 0.2) is 0 Å². The molecule has 0 unspecified atom stereocenters. The van der Waals surface area contributed by atoms with Crippen molar-refractivity contribution in [1.82, 2.24) is 20.0 Å². The molecule has 2 aliphatic heterocycles. The van der Waals surface area contributed by atoms with Crippen LogP contribution in [-0.4, -0.2) is 64.0 Å². The number of nitrogens with zero attached hydrogens (tertiary/aromatic N) is 3. The average molecular weight is 368 g/mol. The molecule has 1 aromatic heterocycles. The minimum Gasteiger partial charge on any atom is -0.338 e. The fraction of sp³-hybridized carbons (Fsp3) is 0.706. The molecular formula is C17H26ClN5O2. The summed E-state index contributed by atoms with van der Waals surface area (Å²) in [6, 6.07) is 0.240. The number of rotatable bonds is 3. The van der Waals surface area contributed by atoms with Crippen LogP contribution in [0.5, 0.6) is 0 Å². The van der Waals surface area contributed by atoms with Gasteiger partial charge in [-0.05, 0) is 38.0 Å². The standard InChI is InChI=1S/C17H25N5O2.ClH/c18-7-9-22-14-6-8-21(10-11(14)4-5-15(22)23)17(24)16-12-2-1-3-13(12)19-20-16;/h11,14H,1-10,18H2,(H,19,20);1H/t11-,14+;/m0./s1. The van der Waals surface area contributed by atoms with Crippen LogP contribution in [0, 0.1) is 5.92 Å². The molecule has 2 atom stereocenters. The van der Waals surface area contributed by atoms with Crippen molar-refractivity contribution in [3.8, 4) is 0 Å². The van der Waals surface area contributed by atoms with Crippen molar-refractivity contribution in [3.63, 3.8) is 0 Å². The molecule has 7 nitrogen and oxygen atoms in total. The van der Waals surface area contributed by atoms with E-state index in [2.05, 4.69) is 10.2 Å². The average Bonchev–Trinajstić information content (AvgIpc) is 3.20. The molecule has 0 radical (unpaired) electrons. The van der Waals surface area contributed by atoms with Crippen molar-refractivity contribution < 1.29 is 9.59 Å². The molecule has 1 aromatic rings. The van der Waals surface area contributed by atoms with E-state index in [0.29, 0.717) is 37.7 Å². The van der Waals surface area contributed by atoms with Crippen molar-refractivity contribution in [3.05, 3.63) is 17.0 Å². The molecule has 4 rings (SSSR count). The molecule has 0 bridgehead atoms. The number of piperidine rings is 2. The second-order valence-corrected chi connectivity index (χ2v) is 7.16. The number of nitrogens with two attached hydrogens (primary N) is 1. The summed E-state index contributed by atoms with van der Waals surface area (Å²) in [4.78, 5) is 28.9. The lowest BCUT2D eigenvalue weighted by Crippen LogP contribution is -2.57. The summed E-state index contributed by atoms with van der Waals surface area (Å²) in [6.45, 7) is 2.54. The van der Waals surface area contributed by atoms with Gasteiger partial charge < -0.3 is 15.5 Å². The van der Waals surface area contributed by atoms with Crippen LogP contribution in [0.25, 0.3) is 0 Å². The molecule has 0 saturated carbocycles. The highest BCUT2D eigenvalue weighted by atomic mass is 35.5. The second-order valence-electron chi connectivity index (χ2n) is 7.16. The van der Waals surface area contributed by atoms with E-state index in [-0.39, 0.29) is 30.3 Å². The predicted octanol–water partition coefficient (Wildman–Crippen LogP) is 0.732. The molecular weight excluding hydrogens is 342 g/mol. The number of hydrogen-bond acceptors (Lipinski definition) is 4. The monoisotopic (exact) mass is 367 g/mol. The molecule has 2 saturated heterocycles. The number of hydrogen-bond donors (Lipinski definition) is 2. The summed E-state index contributed by atoms with van der Waals surface area (Å²) in [5.74, 6) is 0.626. The van der Waals surface area contributed by atoms with E-state index in [4.69, 9.17) is 5.73 Å². The van der Waals surface area contributed by atoms with E-state index >= 15 is 0 Å². The van der Waals surface area contributed by atoms with Crippen molar-refractivity contribution in [2.75, 3.05) is 26.2 Å². The summed E-state index contributed by atoms with van der Waals surface area (Å²) in [7, 11) is 0. The number of carbonyl (C=O) groups excluding carboxylic acids is 2. The summed E-state index contributed by atoms with van der Waals surface area (Å²) < 4.78 is 0. The Morgan fingerprint density at radius 1 is 1.28 bits per heavy atom. The third kappa shape index (κ3) is 3.15. The SMILES string of the molecule is Cl.NCCN1C(=O)CC[C@H]2CN(C(=O)c3n[nH]c4c3CCC4)CC[C@H]21. The second kappa shape index (κ2) is 7.33. The Hall–Kier alpha value is -1.60. The van der Waals surface area contributed by atoms with Gasteiger partial charge in [0.1, 0.15) is 0 Å². The highest BCUT2D eigenvalue weighted by Gasteiger charge is 2.40. The summed E-state index contributed by atoms with van der Waals surface area (Å²) in [5.41, 5.74) is 8.53. The first-order valence-corrected chi connectivity index (χ1v) is 9.04. The fourth-order valence-corrected chi connectivity index (χ4v) is 4.61. The highest BCUT2D eigenvalue weighted by Crippen LogP contribution is 2.32. The Kier molecular flexibility index (Phi) is 5.34. The third-order valence-corrected chi connectivity index (χ3v) is 5.81. The lowest BCUT2D eigenvalue weighted by Gasteiger charge is -2.47. The summed E-state index contributed by atoms with van der Waals surface area (Å²) >= 11 is 0. The Morgan fingerprint density at radius 2 is 2.12 bits per heavy atom.